The zero-order valence-corrected chi connectivity index (χ0v) is 9.81. The highest BCUT2D eigenvalue weighted by Crippen LogP contribution is 2.17. The molecule has 1 saturated heterocycles. The van der Waals surface area contributed by atoms with Gasteiger partial charge in [-0.3, -0.25) is 4.98 Å². The van der Waals surface area contributed by atoms with E-state index in [0.29, 0.717) is 6.04 Å². The summed E-state index contributed by atoms with van der Waals surface area (Å²) in [5.74, 6) is 0.920. The van der Waals surface area contributed by atoms with Crippen molar-refractivity contribution in [3.63, 3.8) is 0 Å². The molecule has 1 aliphatic heterocycles. The van der Waals surface area contributed by atoms with Gasteiger partial charge in [-0.2, -0.15) is 0 Å². The third-order valence-electron chi connectivity index (χ3n) is 2.84. The second-order valence-corrected chi connectivity index (χ2v) is 4.03. The van der Waals surface area contributed by atoms with Crippen LogP contribution in [0.2, 0.25) is 0 Å². The normalized spacial score (nSPS) is 20.0. The molecule has 1 atom stereocenters. The lowest BCUT2D eigenvalue weighted by Crippen LogP contribution is -2.32. The molecule has 0 radical (unpaired) electrons. The monoisotopic (exact) mass is 222 g/mol. The zero-order valence-electron chi connectivity index (χ0n) is 9.81. The molecule has 0 saturated carbocycles. The molecule has 2 heterocycles. The smallest absolute Gasteiger partial charge is 0.147 e. The van der Waals surface area contributed by atoms with Crippen LogP contribution < -0.4 is 10.2 Å². The summed E-state index contributed by atoms with van der Waals surface area (Å²) in [6, 6.07) is 0.430. The topological polar surface area (TPSA) is 50.3 Å². The van der Waals surface area contributed by atoms with Crippen LogP contribution in [0.25, 0.3) is 0 Å². The van der Waals surface area contributed by atoms with Gasteiger partial charge in [0, 0.05) is 26.4 Å². The number of rotatable bonds is 4. The van der Waals surface area contributed by atoms with Crippen LogP contribution in [0.4, 0.5) is 5.82 Å². The van der Waals surface area contributed by atoms with E-state index in [1.165, 1.54) is 0 Å². The van der Waals surface area contributed by atoms with Crippen molar-refractivity contribution >= 4 is 5.82 Å². The maximum absolute atomic E-state index is 5.38. The van der Waals surface area contributed by atoms with Crippen LogP contribution in [0.15, 0.2) is 12.4 Å². The van der Waals surface area contributed by atoms with E-state index in [9.17, 15) is 0 Å². The van der Waals surface area contributed by atoms with E-state index < -0.39 is 0 Å². The lowest BCUT2D eigenvalue weighted by atomic mass is 10.2. The fraction of sp³-hybridized carbons (Fsp3) is 0.636. The first-order chi connectivity index (χ1) is 7.81. The lowest BCUT2D eigenvalue weighted by Gasteiger charge is -2.24. The standard InChI is InChI=1S/C11H18N4O/c1-12-5-9-6-13-7-11(14-9)15(2)10-3-4-16-8-10/h6-7,10,12H,3-5,8H2,1-2H3. The van der Waals surface area contributed by atoms with E-state index in [4.69, 9.17) is 4.74 Å². The fourth-order valence-corrected chi connectivity index (χ4v) is 1.85. The van der Waals surface area contributed by atoms with Crippen molar-refractivity contribution in [3.8, 4) is 0 Å². The van der Waals surface area contributed by atoms with Crippen LogP contribution >= 0.6 is 0 Å². The Morgan fingerprint density at radius 3 is 3.12 bits per heavy atom. The van der Waals surface area contributed by atoms with E-state index >= 15 is 0 Å². The zero-order chi connectivity index (χ0) is 11.4. The fourth-order valence-electron chi connectivity index (χ4n) is 1.85. The third-order valence-corrected chi connectivity index (χ3v) is 2.84. The Morgan fingerprint density at radius 2 is 2.44 bits per heavy atom. The second-order valence-electron chi connectivity index (χ2n) is 4.03. The van der Waals surface area contributed by atoms with Gasteiger partial charge in [-0.15, -0.1) is 0 Å². The van der Waals surface area contributed by atoms with Crippen molar-refractivity contribution in [2.75, 3.05) is 32.2 Å². The summed E-state index contributed by atoms with van der Waals surface area (Å²) in [7, 11) is 3.95. The van der Waals surface area contributed by atoms with Gasteiger partial charge < -0.3 is 15.0 Å². The number of hydrogen-bond acceptors (Lipinski definition) is 5. The van der Waals surface area contributed by atoms with Gasteiger partial charge in [-0.25, -0.2) is 4.98 Å². The molecule has 1 fully saturated rings. The molecule has 1 unspecified atom stereocenters. The molecule has 1 aromatic heterocycles. The van der Waals surface area contributed by atoms with E-state index in [2.05, 4.69) is 20.2 Å². The van der Waals surface area contributed by atoms with Crippen molar-refractivity contribution in [1.82, 2.24) is 15.3 Å². The SMILES string of the molecule is CNCc1cncc(N(C)C2CCOC2)n1. The molecular formula is C11H18N4O. The molecule has 2 rings (SSSR count). The van der Waals surface area contributed by atoms with Gasteiger partial charge in [-0.1, -0.05) is 0 Å². The van der Waals surface area contributed by atoms with Crippen LogP contribution in [0.3, 0.4) is 0 Å². The first-order valence-electron chi connectivity index (χ1n) is 5.57. The number of likely N-dealkylation sites (N-methyl/N-ethyl adjacent to an activating group) is 1. The minimum absolute atomic E-state index is 0.430. The van der Waals surface area contributed by atoms with Crippen LogP contribution in [-0.4, -0.2) is 43.3 Å². The van der Waals surface area contributed by atoms with Crippen molar-refractivity contribution in [2.24, 2.45) is 0 Å². The average molecular weight is 222 g/mol. The van der Waals surface area contributed by atoms with E-state index in [0.717, 1.165) is 37.7 Å². The maximum atomic E-state index is 5.38. The highest BCUT2D eigenvalue weighted by molar-refractivity contribution is 5.37. The Morgan fingerprint density at radius 1 is 1.56 bits per heavy atom. The maximum Gasteiger partial charge on any atom is 0.147 e. The third kappa shape index (κ3) is 2.48. The average Bonchev–Trinajstić information content (AvgIpc) is 2.82. The van der Waals surface area contributed by atoms with E-state index in [1.807, 2.05) is 14.1 Å². The summed E-state index contributed by atoms with van der Waals surface area (Å²) in [5.41, 5.74) is 0.964. The number of nitrogens with one attached hydrogen (secondary N) is 1. The Balaban J connectivity index is 2.09. The van der Waals surface area contributed by atoms with Gasteiger partial charge in [0.1, 0.15) is 5.82 Å². The molecular weight excluding hydrogens is 204 g/mol. The van der Waals surface area contributed by atoms with Crippen molar-refractivity contribution in [1.29, 1.82) is 0 Å². The lowest BCUT2D eigenvalue weighted by molar-refractivity contribution is 0.193. The molecule has 5 nitrogen and oxygen atoms in total. The first kappa shape index (κ1) is 11.3. The van der Waals surface area contributed by atoms with Gasteiger partial charge in [0.15, 0.2) is 0 Å². The quantitative estimate of drug-likeness (QED) is 0.800. The molecule has 0 spiro atoms. The predicted molar refractivity (Wildman–Crippen MR) is 62.4 cm³/mol. The molecule has 1 aromatic rings. The number of nitrogens with zero attached hydrogens (tertiary/aromatic N) is 3. The molecule has 0 aliphatic carbocycles. The summed E-state index contributed by atoms with van der Waals surface area (Å²) in [5, 5.41) is 3.07. The van der Waals surface area contributed by atoms with Gasteiger partial charge in [-0.05, 0) is 13.5 Å². The Kier molecular flexibility index (Phi) is 3.69. The summed E-state index contributed by atoms with van der Waals surface area (Å²) < 4.78 is 5.38. The molecule has 1 N–H and O–H groups in total. The highest BCUT2D eigenvalue weighted by atomic mass is 16.5. The van der Waals surface area contributed by atoms with E-state index in [-0.39, 0.29) is 0 Å². The van der Waals surface area contributed by atoms with E-state index in [1.54, 1.807) is 12.4 Å². The number of hydrogen-bond donors (Lipinski definition) is 1. The largest absolute Gasteiger partial charge is 0.379 e. The summed E-state index contributed by atoms with van der Waals surface area (Å²) in [6.07, 6.45) is 4.66. The van der Waals surface area contributed by atoms with Crippen LogP contribution in [0, 0.1) is 0 Å². The minimum Gasteiger partial charge on any atom is -0.379 e. The molecule has 0 bridgehead atoms. The van der Waals surface area contributed by atoms with Gasteiger partial charge in [0.25, 0.3) is 0 Å². The molecule has 16 heavy (non-hydrogen) atoms. The molecule has 88 valence electrons. The van der Waals surface area contributed by atoms with Crippen LogP contribution in [0.1, 0.15) is 12.1 Å². The van der Waals surface area contributed by atoms with Gasteiger partial charge in [0.2, 0.25) is 0 Å². The molecule has 1 aliphatic rings. The Hall–Kier alpha value is -1.20. The van der Waals surface area contributed by atoms with Crippen molar-refractivity contribution < 1.29 is 4.74 Å². The van der Waals surface area contributed by atoms with Crippen molar-refractivity contribution in [2.45, 2.75) is 19.0 Å². The number of aromatic nitrogens is 2. The summed E-state index contributed by atoms with van der Waals surface area (Å²) in [4.78, 5) is 10.9. The number of anilines is 1. The van der Waals surface area contributed by atoms with Crippen LogP contribution in [-0.2, 0) is 11.3 Å². The first-order valence-corrected chi connectivity index (χ1v) is 5.57. The highest BCUT2D eigenvalue weighted by Gasteiger charge is 2.21. The summed E-state index contributed by atoms with van der Waals surface area (Å²) >= 11 is 0. The summed E-state index contributed by atoms with van der Waals surface area (Å²) in [6.45, 7) is 2.38. The van der Waals surface area contributed by atoms with Gasteiger partial charge >= 0.3 is 0 Å². The molecule has 0 aromatic carbocycles. The van der Waals surface area contributed by atoms with Crippen molar-refractivity contribution in [3.05, 3.63) is 18.1 Å². The molecule has 0 amide bonds. The molecule has 5 heteroatoms. The minimum atomic E-state index is 0.430. The second kappa shape index (κ2) is 5.23. The van der Waals surface area contributed by atoms with Gasteiger partial charge in [0.05, 0.1) is 24.5 Å². The number of ether oxygens (including phenoxy) is 1. The Labute approximate surface area is 95.8 Å². The van der Waals surface area contributed by atoms with Crippen LogP contribution in [0.5, 0.6) is 0 Å². The predicted octanol–water partition coefficient (Wildman–Crippen LogP) is 0.421. The Bertz CT molecular complexity index is 339.